The van der Waals surface area contributed by atoms with Crippen molar-refractivity contribution in [3.8, 4) is 11.5 Å². The van der Waals surface area contributed by atoms with E-state index in [1.807, 2.05) is 12.1 Å². The second-order valence-corrected chi connectivity index (χ2v) is 5.69. The molecule has 104 valence electrons. The van der Waals surface area contributed by atoms with Gasteiger partial charge in [-0.25, -0.2) is 4.98 Å². The van der Waals surface area contributed by atoms with Gasteiger partial charge in [0.2, 0.25) is 0 Å². The summed E-state index contributed by atoms with van der Waals surface area (Å²) in [7, 11) is 3.22. The van der Waals surface area contributed by atoms with Crippen molar-refractivity contribution < 1.29 is 9.47 Å². The lowest BCUT2D eigenvalue weighted by molar-refractivity contribution is 0.317. The van der Waals surface area contributed by atoms with E-state index in [0.717, 1.165) is 16.9 Å². The zero-order chi connectivity index (χ0) is 14.2. The van der Waals surface area contributed by atoms with E-state index in [1.54, 1.807) is 14.2 Å². The topological polar surface area (TPSA) is 73.2 Å². The van der Waals surface area contributed by atoms with Gasteiger partial charge in [0, 0.05) is 12.1 Å². The molecule has 1 aromatic heterocycles. The summed E-state index contributed by atoms with van der Waals surface area (Å²) in [6, 6.07) is 3.57. The minimum atomic E-state index is -0.156. The molecule has 2 aromatic rings. The molecule has 0 saturated carbocycles. The van der Waals surface area contributed by atoms with Crippen LogP contribution in [0.5, 0.6) is 11.5 Å². The van der Waals surface area contributed by atoms with Crippen LogP contribution < -0.4 is 15.2 Å². The Morgan fingerprint density at radius 2 is 1.74 bits per heavy atom. The van der Waals surface area contributed by atoms with Crippen molar-refractivity contribution in [1.29, 1.82) is 0 Å². The zero-order valence-electron chi connectivity index (χ0n) is 12.1. The fourth-order valence-electron chi connectivity index (χ4n) is 1.91. The van der Waals surface area contributed by atoms with Crippen molar-refractivity contribution in [3.05, 3.63) is 18.0 Å². The fraction of sp³-hybridized carbons (Fsp3) is 0.500. The molecule has 0 radical (unpaired) electrons. The number of fused-ring (bicyclic) bond motifs is 1. The number of hydrogen-bond donors (Lipinski definition) is 2. The van der Waals surface area contributed by atoms with Crippen LogP contribution >= 0.6 is 0 Å². The van der Waals surface area contributed by atoms with Crippen molar-refractivity contribution in [2.24, 2.45) is 11.1 Å². The highest BCUT2D eigenvalue weighted by Gasteiger charge is 2.25. The number of hydrogen-bond acceptors (Lipinski definition) is 4. The molecule has 1 heterocycles. The highest BCUT2D eigenvalue weighted by atomic mass is 16.5. The molecule has 0 bridgehead atoms. The Morgan fingerprint density at radius 3 is 2.26 bits per heavy atom. The van der Waals surface area contributed by atoms with Gasteiger partial charge in [-0.1, -0.05) is 20.8 Å². The van der Waals surface area contributed by atoms with Crippen LogP contribution in [0.4, 0.5) is 0 Å². The van der Waals surface area contributed by atoms with E-state index in [1.165, 1.54) is 0 Å². The molecule has 1 aromatic carbocycles. The van der Waals surface area contributed by atoms with E-state index in [9.17, 15) is 0 Å². The van der Waals surface area contributed by atoms with Gasteiger partial charge in [0.05, 0.1) is 31.3 Å². The molecule has 19 heavy (non-hydrogen) atoms. The number of benzene rings is 1. The lowest BCUT2D eigenvalue weighted by Crippen LogP contribution is -2.27. The van der Waals surface area contributed by atoms with Gasteiger partial charge in [-0.2, -0.15) is 0 Å². The number of nitrogens with one attached hydrogen (secondary N) is 1. The van der Waals surface area contributed by atoms with E-state index in [2.05, 4.69) is 30.7 Å². The maximum Gasteiger partial charge on any atom is 0.163 e. The number of imidazole rings is 1. The highest BCUT2D eigenvalue weighted by Crippen LogP contribution is 2.34. The minimum Gasteiger partial charge on any atom is -0.493 e. The van der Waals surface area contributed by atoms with Crippen LogP contribution in [0.25, 0.3) is 11.0 Å². The molecule has 0 aliphatic carbocycles. The summed E-state index contributed by atoms with van der Waals surface area (Å²) in [6.45, 7) is 6.27. The molecule has 1 unspecified atom stereocenters. The monoisotopic (exact) mass is 263 g/mol. The summed E-state index contributed by atoms with van der Waals surface area (Å²) < 4.78 is 10.5. The van der Waals surface area contributed by atoms with E-state index >= 15 is 0 Å². The normalized spacial score (nSPS) is 13.6. The van der Waals surface area contributed by atoms with Gasteiger partial charge in [-0.05, 0) is 5.41 Å². The molecule has 0 fully saturated rings. The van der Waals surface area contributed by atoms with Crippen LogP contribution in [-0.2, 0) is 0 Å². The zero-order valence-corrected chi connectivity index (χ0v) is 12.1. The molecule has 1 atom stereocenters. The highest BCUT2D eigenvalue weighted by molar-refractivity contribution is 5.79. The van der Waals surface area contributed by atoms with E-state index in [4.69, 9.17) is 15.2 Å². The van der Waals surface area contributed by atoms with Crippen molar-refractivity contribution in [2.45, 2.75) is 26.8 Å². The van der Waals surface area contributed by atoms with Crippen LogP contribution in [0.2, 0.25) is 0 Å². The SMILES string of the molecule is COc1cc2nc(C(N)C(C)(C)C)[nH]c2cc1OC. The summed E-state index contributed by atoms with van der Waals surface area (Å²) in [5, 5.41) is 0. The van der Waals surface area contributed by atoms with Gasteiger partial charge in [0.1, 0.15) is 5.82 Å². The Kier molecular flexibility index (Phi) is 3.41. The second kappa shape index (κ2) is 4.74. The molecule has 3 N–H and O–H groups in total. The van der Waals surface area contributed by atoms with Gasteiger partial charge >= 0.3 is 0 Å². The molecule has 2 rings (SSSR count). The average molecular weight is 263 g/mol. The quantitative estimate of drug-likeness (QED) is 0.892. The first-order chi connectivity index (χ1) is 8.86. The number of nitrogens with zero attached hydrogens (tertiary/aromatic N) is 1. The van der Waals surface area contributed by atoms with Gasteiger partial charge in [-0.3, -0.25) is 0 Å². The number of rotatable bonds is 3. The molecule has 5 nitrogen and oxygen atoms in total. The summed E-state index contributed by atoms with van der Waals surface area (Å²) in [5.41, 5.74) is 7.89. The third-order valence-corrected chi connectivity index (χ3v) is 3.23. The Labute approximate surface area is 113 Å². The lowest BCUT2D eigenvalue weighted by atomic mass is 9.87. The number of ether oxygens (including phenoxy) is 2. The molecule has 0 aliphatic heterocycles. The average Bonchev–Trinajstić information content (AvgIpc) is 2.77. The van der Waals surface area contributed by atoms with Crippen molar-refractivity contribution in [3.63, 3.8) is 0 Å². The number of methoxy groups -OCH3 is 2. The summed E-state index contributed by atoms with van der Waals surface area (Å²) >= 11 is 0. The Hall–Kier alpha value is -1.75. The number of nitrogens with two attached hydrogens (primary N) is 1. The largest absolute Gasteiger partial charge is 0.493 e. The Morgan fingerprint density at radius 1 is 1.16 bits per heavy atom. The second-order valence-electron chi connectivity index (χ2n) is 5.69. The smallest absolute Gasteiger partial charge is 0.163 e. The lowest BCUT2D eigenvalue weighted by Gasteiger charge is -2.24. The van der Waals surface area contributed by atoms with Gasteiger partial charge in [-0.15, -0.1) is 0 Å². The fourth-order valence-corrected chi connectivity index (χ4v) is 1.91. The summed E-state index contributed by atoms with van der Waals surface area (Å²) in [4.78, 5) is 7.80. The van der Waals surface area contributed by atoms with Crippen molar-refractivity contribution >= 4 is 11.0 Å². The van der Waals surface area contributed by atoms with Crippen LogP contribution in [-0.4, -0.2) is 24.2 Å². The Bertz CT molecular complexity index is 543. The van der Waals surface area contributed by atoms with Gasteiger partial charge in [0.25, 0.3) is 0 Å². The third kappa shape index (κ3) is 2.51. The maximum atomic E-state index is 6.22. The standard InChI is InChI=1S/C14H21N3O2/c1-14(2,3)12(15)13-16-8-6-10(18-4)11(19-5)7-9(8)17-13/h6-7,12H,15H2,1-5H3,(H,16,17). The first-order valence-corrected chi connectivity index (χ1v) is 6.24. The van der Waals surface area contributed by atoms with Crippen molar-refractivity contribution in [2.75, 3.05) is 14.2 Å². The molecule has 0 aliphatic rings. The number of aromatic amines is 1. The third-order valence-electron chi connectivity index (χ3n) is 3.23. The predicted molar refractivity (Wildman–Crippen MR) is 75.6 cm³/mol. The van der Waals surface area contributed by atoms with Crippen LogP contribution in [0.1, 0.15) is 32.6 Å². The molecular formula is C14H21N3O2. The molecule has 5 heteroatoms. The molecule has 0 amide bonds. The summed E-state index contributed by atoms with van der Waals surface area (Å²) in [6.07, 6.45) is 0. The molecule has 0 spiro atoms. The minimum absolute atomic E-state index is 0.0535. The molecular weight excluding hydrogens is 242 g/mol. The number of H-pyrrole nitrogens is 1. The molecule has 0 saturated heterocycles. The van der Waals surface area contributed by atoms with Crippen LogP contribution in [0, 0.1) is 5.41 Å². The maximum absolute atomic E-state index is 6.22. The predicted octanol–water partition coefficient (Wildman–Crippen LogP) is 2.63. The van der Waals surface area contributed by atoms with Crippen LogP contribution in [0.3, 0.4) is 0 Å². The van der Waals surface area contributed by atoms with E-state index in [-0.39, 0.29) is 11.5 Å². The summed E-state index contributed by atoms with van der Waals surface area (Å²) in [5.74, 6) is 2.12. The first kappa shape index (κ1) is 13.7. The van der Waals surface area contributed by atoms with Gasteiger partial charge in [0.15, 0.2) is 11.5 Å². The van der Waals surface area contributed by atoms with Crippen LogP contribution in [0.15, 0.2) is 12.1 Å². The van der Waals surface area contributed by atoms with E-state index < -0.39 is 0 Å². The van der Waals surface area contributed by atoms with Gasteiger partial charge < -0.3 is 20.2 Å². The van der Waals surface area contributed by atoms with E-state index in [0.29, 0.717) is 11.5 Å². The van der Waals surface area contributed by atoms with Crippen molar-refractivity contribution in [1.82, 2.24) is 9.97 Å². The Balaban J connectivity index is 2.52. The first-order valence-electron chi connectivity index (χ1n) is 6.24. The number of aromatic nitrogens is 2.